The van der Waals surface area contributed by atoms with Crippen LogP contribution in [0.4, 0.5) is 11.4 Å². The van der Waals surface area contributed by atoms with E-state index in [0.717, 1.165) is 33.3 Å². The summed E-state index contributed by atoms with van der Waals surface area (Å²) in [6, 6.07) is 22.0. The van der Waals surface area contributed by atoms with Gasteiger partial charge in [-0.3, -0.25) is 9.79 Å². The Morgan fingerprint density at radius 1 is 1.07 bits per heavy atom. The predicted octanol–water partition coefficient (Wildman–Crippen LogP) is 6.03. The van der Waals surface area contributed by atoms with Gasteiger partial charge in [0.2, 0.25) is 0 Å². The zero-order valence-electron chi connectivity index (χ0n) is 15.4. The van der Waals surface area contributed by atoms with Crippen molar-refractivity contribution in [1.82, 2.24) is 0 Å². The van der Waals surface area contributed by atoms with Crippen LogP contribution in [0.5, 0.6) is 5.75 Å². The number of carbonyl (C=O) groups excluding carboxylic acids is 1. The molecule has 3 aromatic rings. The highest BCUT2D eigenvalue weighted by Gasteiger charge is 2.24. The number of ether oxygens (including phenoxy) is 1. The maximum Gasteiger partial charge on any atom is 0.262 e. The van der Waals surface area contributed by atoms with Crippen molar-refractivity contribution in [3.05, 3.63) is 82.9 Å². The molecule has 0 radical (unpaired) electrons. The van der Waals surface area contributed by atoms with E-state index in [1.54, 1.807) is 0 Å². The first-order chi connectivity index (χ1) is 14.2. The first-order valence-electron chi connectivity index (χ1n) is 9.31. The summed E-state index contributed by atoms with van der Waals surface area (Å²) in [5, 5.41) is 3.82. The van der Waals surface area contributed by atoms with E-state index in [9.17, 15) is 4.79 Å². The second-order valence-corrected chi connectivity index (χ2v) is 8.62. The summed E-state index contributed by atoms with van der Waals surface area (Å²) in [6.07, 6.45) is 0.759. The van der Waals surface area contributed by atoms with E-state index in [1.807, 2.05) is 60.3 Å². The number of carbonyl (C=O) groups is 1. The molecule has 1 unspecified atom stereocenters. The number of hydrogen-bond donors (Lipinski definition) is 1. The van der Waals surface area contributed by atoms with Gasteiger partial charge < -0.3 is 10.1 Å². The van der Waals surface area contributed by atoms with Crippen molar-refractivity contribution in [2.45, 2.75) is 16.6 Å². The van der Waals surface area contributed by atoms with Crippen molar-refractivity contribution in [3.8, 4) is 5.75 Å². The van der Waals surface area contributed by atoms with Gasteiger partial charge in [0.1, 0.15) is 5.75 Å². The number of nitrogens with zero attached hydrogens (tertiary/aromatic N) is 1. The van der Waals surface area contributed by atoms with Gasteiger partial charge in [0.05, 0.1) is 11.4 Å². The molecule has 0 fully saturated rings. The molecule has 0 spiro atoms. The molecule has 2 heterocycles. The van der Waals surface area contributed by atoms with Crippen LogP contribution < -0.4 is 10.1 Å². The maximum absolute atomic E-state index is 11.7. The smallest absolute Gasteiger partial charge is 0.262 e. The number of nitrogens with one attached hydrogen (secondary N) is 1. The van der Waals surface area contributed by atoms with Crippen molar-refractivity contribution in [2.24, 2.45) is 4.99 Å². The Balaban J connectivity index is 1.57. The second-order valence-electron chi connectivity index (χ2n) is 6.94. The topological polar surface area (TPSA) is 50.7 Å². The molecule has 144 valence electrons. The molecule has 0 saturated carbocycles. The van der Waals surface area contributed by atoms with E-state index in [0.29, 0.717) is 11.4 Å². The SMILES string of the molecule is O=C1COc2ccc(C3=Nc4ccccc4SC(c4ccc(Cl)cc4)C3)cc2N1. The van der Waals surface area contributed by atoms with Crippen molar-refractivity contribution >= 4 is 46.4 Å². The van der Waals surface area contributed by atoms with Crippen LogP contribution in [0, 0.1) is 0 Å². The Hall–Kier alpha value is -2.76. The van der Waals surface area contributed by atoms with Gasteiger partial charge in [0, 0.05) is 27.3 Å². The third-order valence-corrected chi connectivity index (χ3v) is 6.53. The van der Waals surface area contributed by atoms with Gasteiger partial charge in [-0.2, -0.15) is 0 Å². The maximum atomic E-state index is 11.7. The lowest BCUT2D eigenvalue weighted by Gasteiger charge is -2.20. The Kier molecular flexibility index (Phi) is 4.78. The summed E-state index contributed by atoms with van der Waals surface area (Å²) in [5.74, 6) is 0.545. The van der Waals surface area contributed by atoms with Gasteiger partial charge >= 0.3 is 0 Å². The monoisotopic (exact) mass is 420 g/mol. The van der Waals surface area contributed by atoms with E-state index in [1.165, 1.54) is 5.56 Å². The summed E-state index contributed by atoms with van der Waals surface area (Å²) in [6.45, 7) is 0.0515. The lowest BCUT2D eigenvalue weighted by atomic mass is 10.00. The van der Waals surface area contributed by atoms with Gasteiger partial charge in [-0.15, -0.1) is 11.8 Å². The first kappa shape index (κ1) is 18.3. The zero-order valence-corrected chi connectivity index (χ0v) is 17.0. The minimum absolute atomic E-state index is 0.0515. The Morgan fingerprint density at radius 3 is 2.76 bits per heavy atom. The fourth-order valence-electron chi connectivity index (χ4n) is 3.52. The van der Waals surface area contributed by atoms with E-state index in [4.69, 9.17) is 21.3 Å². The number of halogens is 1. The number of fused-ring (bicyclic) bond motifs is 2. The average molecular weight is 421 g/mol. The van der Waals surface area contributed by atoms with Crippen LogP contribution in [-0.2, 0) is 4.79 Å². The highest BCUT2D eigenvalue weighted by Crippen LogP contribution is 2.46. The molecule has 29 heavy (non-hydrogen) atoms. The molecular formula is C23H17ClN2O2S. The summed E-state index contributed by atoms with van der Waals surface area (Å²) < 4.78 is 5.49. The lowest BCUT2D eigenvalue weighted by molar-refractivity contribution is -0.118. The zero-order chi connectivity index (χ0) is 19.8. The summed E-state index contributed by atoms with van der Waals surface area (Å²) in [5.41, 5.74) is 4.81. The highest BCUT2D eigenvalue weighted by molar-refractivity contribution is 7.99. The molecule has 5 rings (SSSR count). The van der Waals surface area contributed by atoms with Crippen LogP contribution in [0.1, 0.15) is 22.8 Å². The Bertz CT molecular complexity index is 1130. The third-order valence-electron chi connectivity index (χ3n) is 4.96. The summed E-state index contributed by atoms with van der Waals surface area (Å²) in [4.78, 5) is 17.9. The van der Waals surface area contributed by atoms with E-state index >= 15 is 0 Å². The van der Waals surface area contributed by atoms with E-state index in [2.05, 4.69) is 23.5 Å². The van der Waals surface area contributed by atoms with Crippen LogP contribution in [0.3, 0.4) is 0 Å². The number of para-hydroxylation sites is 1. The van der Waals surface area contributed by atoms with Crippen LogP contribution in [0.25, 0.3) is 0 Å². The molecule has 0 aliphatic carbocycles. The van der Waals surface area contributed by atoms with Gasteiger partial charge in [-0.1, -0.05) is 35.9 Å². The van der Waals surface area contributed by atoms with Crippen LogP contribution in [0.15, 0.2) is 76.6 Å². The molecule has 3 aromatic carbocycles. The molecule has 1 atom stereocenters. The number of anilines is 1. The van der Waals surface area contributed by atoms with E-state index < -0.39 is 0 Å². The predicted molar refractivity (Wildman–Crippen MR) is 118 cm³/mol. The minimum atomic E-state index is -0.141. The largest absolute Gasteiger partial charge is 0.482 e. The molecule has 0 saturated heterocycles. The molecule has 1 N–H and O–H groups in total. The molecule has 2 aliphatic rings. The number of benzene rings is 3. The minimum Gasteiger partial charge on any atom is -0.482 e. The molecule has 6 heteroatoms. The lowest BCUT2D eigenvalue weighted by Crippen LogP contribution is -2.25. The van der Waals surface area contributed by atoms with Crippen LogP contribution in [0.2, 0.25) is 5.02 Å². The summed E-state index contributed by atoms with van der Waals surface area (Å²) >= 11 is 7.90. The first-order valence-corrected chi connectivity index (χ1v) is 10.6. The normalized spacial score (nSPS) is 17.9. The van der Waals surface area contributed by atoms with E-state index in [-0.39, 0.29) is 17.8 Å². The molecule has 1 amide bonds. The molecule has 0 bridgehead atoms. The van der Waals surface area contributed by atoms with Crippen LogP contribution >= 0.6 is 23.4 Å². The highest BCUT2D eigenvalue weighted by atomic mass is 35.5. The number of rotatable bonds is 2. The standard InChI is InChI=1S/C23H17ClN2O2S/c24-16-8-5-14(6-9-16)22-12-18(25-17-3-1-2-4-21(17)29-22)15-7-10-20-19(11-15)26-23(27)13-28-20/h1-11,22H,12-13H2,(H,26,27). The van der Waals surface area contributed by atoms with Crippen molar-refractivity contribution in [3.63, 3.8) is 0 Å². The molecular weight excluding hydrogens is 404 g/mol. The fourth-order valence-corrected chi connectivity index (χ4v) is 4.88. The Labute approximate surface area is 178 Å². The van der Waals surface area contributed by atoms with Crippen molar-refractivity contribution in [1.29, 1.82) is 0 Å². The van der Waals surface area contributed by atoms with Crippen LogP contribution in [-0.4, -0.2) is 18.2 Å². The number of thioether (sulfide) groups is 1. The van der Waals surface area contributed by atoms with Gasteiger partial charge in [0.25, 0.3) is 5.91 Å². The van der Waals surface area contributed by atoms with Gasteiger partial charge in [0.15, 0.2) is 6.61 Å². The van der Waals surface area contributed by atoms with Gasteiger partial charge in [-0.05, 0) is 53.6 Å². The average Bonchev–Trinajstić information content (AvgIpc) is 2.93. The number of amides is 1. The van der Waals surface area contributed by atoms with Crippen molar-refractivity contribution in [2.75, 3.05) is 11.9 Å². The number of aliphatic imine (C=N–C) groups is 1. The quantitative estimate of drug-likeness (QED) is 0.550. The second kappa shape index (κ2) is 7.58. The molecule has 2 aliphatic heterocycles. The molecule has 0 aromatic heterocycles. The summed E-state index contributed by atoms with van der Waals surface area (Å²) in [7, 11) is 0. The van der Waals surface area contributed by atoms with Crippen molar-refractivity contribution < 1.29 is 9.53 Å². The fraction of sp³-hybridized carbons (Fsp3) is 0.130. The number of hydrogen-bond acceptors (Lipinski definition) is 4. The van der Waals surface area contributed by atoms with Gasteiger partial charge in [-0.25, -0.2) is 0 Å². The Morgan fingerprint density at radius 2 is 1.90 bits per heavy atom. The molecule has 4 nitrogen and oxygen atoms in total. The third kappa shape index (κ3) is 3.76.